The number of hydrogen-bond acceptors (Lipinski definition) is 6. The number of anilines is 1. The molecule has 1 saturated carbocycles. The average Bonchev–Trinajstić information content (AvgIpc) is 3.16. The summed E-state index contributed by atoms with van der Waals surface area (Å²) in [4.78, 5) is 18.0. The van der Waals surface area contributed by atoms with E-state index in [1.807, 2.05) is 31.3 Å². The molecule has 1 spiro atoms. The SMILES string of the molecule is Cc1cc2cc(-c3cnc(NC(=O)C4CC45CCOCC5)s3)ccc2nn1. The molecule has 3 heterocycles. The van der Waals surface area contributed by atoms with Gasteiger partial charge in [0.1, 0.15) is 0 Å². The molecule has 27 heavy (non-hydrogen) atoms. The molecule has 1 unspecified atom stereocenters. The molecule has 0 bridgehead atoms. The maximum atomic E-state index is 12.6. The molecule has 1 aromatic carbocycles. The summed E-state index contributed by atoms with van der Waals surface area (Å²) in [6, 6.07) is 8.10. The van der Waals surface area contributed by atoms with Crippen molar-refractivity contribution in [3.05, 3.63) is 36.2 Å². The van der Waals surface area contributed by atoms with Crippen molar-refractivity contribution in [1.29, 1.82) is 0 Å². The first-order valence-corrected chi connectivity index (χ1v) is 10.0. The fourth-order valence-electron chi connectivity index (χ4n) is 4.01. The zero-order valence-electron chi connectivity index (χ0n) is 15.1. The van der Waals surface area contributed by atoms with Gasteiger partial charge in [-0.1, -0.05) is 17.4 Å². The van der Waals surface area contributed by atoms with E-state index in [2.05, 4.69) is 26.6 Å². The predicted molar refractivity (Wildman–Crippen MR) is 105 cm³/mol. The summed E-state index contributed by atoms with van der Waals surface area (Å²) in [6.07, 6.45) is 4.78. The number of rotatable bonds is 3. The second-order valence-corrected chi connectivity index (χ2v) is 8.54. The lowest BCUT2D eigenvalue weighted by Crippen LogP contribution is -2.24. The summed E-state index contributed by atoms with van der Waals surface area (Å²) in [5.74, 6) is 0.207. The number of hydrogen-bond donors (Lipinski definition) is 1. The Labute approximate surface area is 161 Å². The number of carbonyl (C=O) groups is 1. The van der Waals surface area contributed by atoms with Gasteiger partial charge in [-0.05, 0) is 55.4 Å². The van der Waals surface area contributed by atoms with Crippen LogP contribution in [0.15, 0.2) is 30.5 Å². The molecule has 1 amide bonds. The molecule has 7 heteroatoms. The van der Waals surface area contributed by atoms with Crippen LogP contribution in [0.1, 0.15) is 25.0 Å². The number of amides is 1. The molecule has 2 fully saturated rings. The van der Waals surface area contributed by atoms with Crippen molar-refractivity contribution < 1.29 is 9.53 Å². The summed E-state index contributed by atoms with van der Waals surface area (Å²) in [5, 5.41) is 13.0. The summed E-state index contributed by atoms with van der Waals surface area (Å²) in [5.41, 5.74) is 3.01. The van der Waals surface area contributed by atoms with Gasteiger partial charge in [-0.3, -0.25) is 4.79 Å². The quantitative estimate of drug-likeness (QED) is 0.747. The molecule has 2 aromatic heterocycles. The van der Waals surface area contributed by atoms with Crippen LogP contribution in [-0.2, 0) is 9.53 Å². The molecule has 1 atom stereocenters. The van der Waals surface area contributed by atoms with Crippen LogP contribution in [0.25, 0.3) is 21.3 Å². The number of ether oxygens (including phenoxy) is 1. The molecule has 0 radical (unpaired) electrons. The van der Waals surface area contributed by atoms with Crippen molar-refractivity contribution in [3.63, 3.8) is 0 Å². The smallest absolute Gasteiger partial charge is 0.229 e. The van der Waals surface area contributed by atoms with E-state index in [0.717, 1.165) is 59.5 Å². The van der Waals surface area contributed by atoms with E-state index in [0.29, 0.717) is 5.13 Å². The minimum absolute atomic E-state index is 0.0993. The van der Waals surface area contributed by atoms with Crippen LogP contribution in [0.5, 0.6) is 0 Å². The maximum absolute atomic E-state index is 12.6. The van der Waals surface area contributed by atoms with E-state index in [4.69, 9.17) is 4.74 Å². The number of thiazole rings is 1. The van der Waals surface area contributed by atoms with Crippen LogP contribution in [0, 0.1) is 18.3 Å². The van der Waals surface area contributed by atoms with Gasteiger partial charge >= 0.3 is 0 Å². The Bertz CT molecular complexity index is 1030. The van der Waals surface area contributed by atoms with Crippen molar-refractivity contribution in [2.45, 2.75) is 26.2 Å². The second-order valence-electron chi connectivity index (χ2n) is 7.51. The Morgan fingerprint density at radius 3 is 2.96 bits per heavy atom. The maximum Gasteiger partial charge on any atom is 0.229 e. The van der Waals surface area contributed by atoms with Gasteiger partial charge in [0, 0.05) is 30.7 Å². The van der Waals surface area contributed by atoms with Gasteiger partial charge in [-0.25, -0.2) is 4.98 Å². The average molecular weight is 380 g/mol. The van der Waals surface area contributed by atoms with Gasteiger partial charge in [0.05, 0.1) is 16.1 Å². The van der Waals surface area contributed by atoms with Crippen molar-refractivity contribution in [2.75, 3.05) is 18.5 Å². The second kappa shape index (κ2) is 6.35. The first-order chi connectivity index (χ1) is 13.1. The number of fused-ring (bicyclic) bond motifs is 1. The van der Waals surface area contributed by atoms with E-state index in [1.165, 1.54) is 11.3 Å². The third-order valence-electron chi connectivity index (χ3n) is 5.72. The molecule has 1 aliphatic heterocycles. The highest BCUT2D eigenvalue weighted by atomic mass is 32.1. The monoisotopic (exact) mass is 380 g/mol. The molecule has 3 aromatic rings. The standard InChI is InChI=1S/C20H20N4O2S/c1-12-8-14-9-13(2-3-16(14)24-23-12)17-11-21-19(27-17)22-18(25)15-10-20(15)4-6-26-7-5-20/h2-3,8-9,11,15H,4-7,10H2,1H3,(H,21,22,25). The number of nitrogens with zero attached hydrogens (tertiary/aromatic N) is 3. The summed E-state index contributed by atoms with van der Waals surface area (Å²) in [7, 11) is 0. The topological polar surface area (TPSA) is 77.0 Å². The Hall–Kier alpha value is -2.38. The fourth-order valence-corrected chi connectivity index (χ4v) is 4.82. The van der Waals surface area contributed by atoms with Crippen LogP contribution in [0.2, 0.25) is 0 Å². The molecular formula is C20H20N4O2S. The first-order valence-electron chi connectivity index (χ1n) is 9.22. The Morgan fingerprint density at radius 1 is 1.26 bits per heavy atom. The summed E-state index contributed by atoms with van der Waals surface area (Å²) in [6.45, 7) is 3.48. The molecule has 1 N–H and O–H groups in total. The van der Waals surface area contributed by atoms with E-state index < -0.39 is 0 Å². The lowest BCUT2D eigenvalue weighted by atomic mass is 9.94. The highest BCUT2D eigenvalue weighted by Gasteiger charge is 2.58. The molecule has 5 rings (SSSR count). The molecule has 138 valence electrons. The number of aromatic nitrogens is 3. The van der Waals surface area contributed by atoms with Crippen molar-refractivity contribution in [2.24, 2.45) is 11.3 Å². The zero-order valence-corrected chi connectivity index (χ0v) is 15.9. The number of benzene rings is 1. The van der Waals surface area contributed by atoms with Gasteiger partial charge in [0.25, 0.3) is 0 Å². The molecule has 1 aliphatic carbocycles. The van der Waals surface area contributed by atoms with Crippen LogP contribution < -0.4 is 5.32 Å². The molecular weight excluding hydrogens is 360 g/mol. The number of carbonyl (C=O) groups excluding carboxylic acids is 1. The van der Waals surface area contributed by atoms with Crippen molar-refractivity contribution >= 4 is 33.3 Å². The highest BCUT2D eigenvalue weighted by Crippen LogP contribution is 2.59. The third kappa shape index (κ3) is 3.11. The van der Waals surface area contributed by atoms with Crippen LogP contribution in [0.3, 0.4) is 0 Å². The Balaban J connectivity index is 1.32. The van der Waals surface area contributed by atoms with Crippen LogP contribution >= 0.6 is 11.3 Å². The van der Waals surface area contributed by atoms with Gasteiger partial charge in [0.15, 0.2) is 5.13 Å². The summed E-state index contributed by atoms with van der Waals surface area (Å²) < 4.78 is 5.43. The van der Waals surface area contributed by atoms with E-state index in [9.17, 15) is 4.79 Å². The van der Waals surface area contributed by atoms with E-state index in [-0.39, 0.29) is 17.2 Å². The lowest BCUT2D eigenvalue weighted by Gasteiger charge is -2.22. The fraction of sp³-hybridized carbons (Fsp3) is 0.400. The minimum Gasteiger partial charge on any atom is -0.381 e. The first kappa shape index (κ1) is 16.8. The zero-order chi connectivity index (χ0) is 18.4. The van der Waals surface area contributed by atoms with Gasteiger partial charge in [-0.15, -0.1) is 0 Å². The Morgan fingerprint density at radius 2 is 2.11 bits per heavy atom. The van der Waals surface area contributed by atoms with Gasteiger partial charge in [0.2, 0.25) is 5.91 Å². The molecule has 1 saturated heterocycles. The van der Waals surface area contributed by atoms with Crippen molar-refractivity contribution in [1.82, 2.24) is 15.2 Å². The Kier molecular flexibility index (Phi) is 3.94. The molecule has 6 nitrogen and oxygen atoms in total. The normalized spacial score (nSPS) is 20.7. The van der Waals surface area contributed by atoms with E-state index in [1.54, 1.807) is 0 Å². The van der Waals surface area contributed by atoms with E-state index >= 15 is 0 Å². The minimum atomic E-state index is 0.0993. The van der Waals surface area contributed by atoms with Crippen LogP contribution in [-0.4, -0.2) is 34.3 Å². The molecule has 2 aliphatic rings. The third-order valence-corrected chi connectivity index (χ3v) is 6.68. The largest absolute Gasteiger partial charge is 0.381 e. The number of aryl methyl sites for hydroxylation is 1. The lowest BCUT2D eigenvalue weighted by molar-refractivity contribution is -0.118. The highest BCUT2D eigenvalue weighted by molar-refractivity contribution is 7.19. The summed E-state index contributed by atoms with van der Waals surface area (Å²) >= 11 is 1.50. The number of nitrogens with one attached hydrogen (secondary N) is 1. The van der Waals surface area contributed by atoms with Gasteiger partial charge in [-0.2, -0.15) is 10.2 Å². The van der Waals surface area contributed by atoms with Crippen molar-refractivity contribution in [3.8, 4) is 10.4 Å². The van der Waals surface area contributed by atoms with Gasteiger partial charge < -0.3 is 10.1 Å². The van der Waals surface area contributed by atoms with Crippen LogP contribution in [0.4, 0.5) is 5.13 Å². The predicted octanol–water partition coefficient (Wildman–Crippen LogP) is 3.82.